The van der Waals surface area contributed by atoms with Crippen molar-refractivity contribution in [3.8, 4) is 6.07 Å². The number of nitrogens with one attached hydrogen (secondary N) is 1. The van der Waals surface area contributed by atoms with Gasteiger partial charge in [-0.2, -0.15) is 5.26 Å². The molecule has 0 aliphatic carbocycles. The van der Waals surface area contributed by atoms with E-state index >= 15 is 0 Å². The number of hydrogen-bond acceptors (Lipinski definition) is 4. The van der Waals surface area contributed by atoms with E-state index in [1.165, 1.54) is 6.33 Å². The summed E-state index contributed by atoms with van der Waals surface area (Å²) in [6.07, 6.45) is 2.16. The minimum atomic E-state index is 0.453. The largest absolute Gasteiger partial charge is 0.340 e. The quantitative estimate of drug-likeness (QED) is 0.867. The van der Waals surface area contributed by atoms with Crippen LogP contribution < -0.4 is 5.32 Å². The lowest BCUT2D eigenvalue weighted by Crippen LogP contribution is -2.02. The summed E-state index contributed by atoms with van der Waals surface area (Å²) in [6, 6.07) is 7.60. The van der Waals surface area contributed by atoms with E-state index in [1.54, 1.807) is 12.1 Å². The van der Waals surface area contributed by atoms with Gasteiger partial charge in [0.25, 0.3) is 0 Å². The standard InChI is InChI=1S/C14H13ClN4/c1-3-11-13(15)17-8-18-14(11)19-12-6-10(7-16)5-4-9(12)2/h4-6,8H,3H2,1-2H3,(H,17,18,19). The van der Waals surface area contributed by atoms with Gasteiger partial charge in [-0.05, 0) is 31.0 Å². The van der Waals surface area contributed by atoms with Gasteiger partial charge in [0.2, 0.25) is 0 Å². The average molecular weight is 273 g/mol. The maximum atomic E-state index is 8.94. The first-order chi connectivity index (χ1) is 9.15. The smallest absolute Gasteiger partial charge is 0.138 e. The van der Waals surface area contributed by atoms with Crippen molar-refractivity contribution in [3.05, 3.63) is 46.4 Å². The van der Waals surface area contributed by atoms with Crippen LogP contribution in [0.2, 0.25) is 5.15 Å². The van der Waals surface area contributed by atoms with Gasteiger partial charge in [-0.15, -0.1) is 0 Å². The summed E-state index contributed by atoms with van der Waals surface area (Å²) in [5, 5.41) is 12.6. The van der Waals surface area contributed by atoms with Crippen molar-refractivity contribution in [1.82, 2.24) is 9.97 Å². The molecule has 19 heavy (non-hydrogen) atoms. The summed E-state index contributed by atoms with van der Waals surface area (Å²) in [5.41, 5.74) is 3.36. The zero-order chi connectivity index (χ0) is 13.8. The van der Waals surface area contributed by atoms with Gasteiger partial charge in [-0.1, -0.05) is 24.6 Å². The van der Waals surface area contributed by atoms with Gasteiger partial charge in [0.1, 0.15) is 17.3 Å². The van der Waals surface area contributed by atoms with Crippen LogP contribution in [0, 0.1) is 18.3 Å². The summed E-state index contributed by atoms with van der Waals surface area (Å²) in [4.78, 5) is 8.18. The van der Waals surface area contributed by atoms with Gasteiger partial charge >= 0.3 is 0 Å². The molecule has 0 atom stereocenters. The number of aryl methyl sites for hydroxylation is 1. The van der Waals surface area contributed by atoms with Crippen LogP contribution in [-0.4, -0.2) is 9.97 Å². The highest BCUT2D eigenvalue weighted by molar-refractivity contribution is 6.30. The third-order valence-electron chi connectivity index (χ3n) is 2.87. The van der Waals surface area contributed by atoms with Gasteiger partial charge in [0, 0.05) is 11.3 Å². The lowest BCUT2D eigenvalue weighted by atomic mass is 10.1. The molecule has 1 N–H and O–H groups in total. The van der Waals surface area contributed by atoms with E-state index in [0.717, 1.165) is 23.2 Å². The second-order valence-electron chi connectivity index (χ2n) is 4.11. The van der Waals surface area contributed by atoms with Crippen LogP contribution in [0.4, 0.5) is 11.5 Å². The van der Waals surface area contributed by atoms with E-state index in [2.05, 4.69) is 21.4 Å². The van der Waals surface area contributed by atoms with Gasteiger partial charge < -0.3 is 5.32 Å². The number of nitrogens with zero attached hydrogens (tertiary/aromatic N) is 3. The molecule has 0 unspecified atom stereocenters. The van der Waals surface area contributed by atoms with Crippen molar-refractivity contribution in [2.24, 2.45) is 0 Å². The molecule has 0 saturated carbocycles. The van der Waals surface area contributed by atoms with Crippen LogP contribution in [0.1, 0.15) is 23.6 Å². The Balaban J connectivity index is 2.42. The van der Waals surface area contributed by atoms with Gasteiger partial charge in [0.15, 0.2) is 0 Å². The lowest BCUT2D eigenvalue weighted by molar-refractivity contribution is 1.05. The van der Waals surface area contributed by atoms with E-state index in [4.69, 9.17) is 16.9 Å². The number of rotatable bonds is 3. The van der Waals surface area contributed by atoms with Crippen molar-refractivity contribution in [2.45, 2.75) is 20.3 Å². The van der Waals surface area contributed by atoms with Crippen LogP contribution >= 0.6 is 11.6 Å². The Labute approximate surface area is 117 Å². The predicted molar refractivity (Wildman–Crippen MR) is 75.6 cm³/mol. The minimum Gasteiger partial charge on any atom is -0.340 e. The predicted octanol–water partition coefficient (Wildman–Crippen LogP) is 3.62. The summed E-state index contributed by atoms with van der Waals surface area (Å²) >= 11 is 6.05. The van der Waals surface area contributed by atoms with Crippen LogP contribution in [0.25, 0.3) is 0 Å². The third-order valence-corrected chi connectivity index (χ3v) is 3.19. The number of nitriles is 1. The fraction of sp³-hybridized carbons (Fsp3) is 0.214. The fourth-order valence-electron chi connectivity index (χ4n) is 1.77. The van der Waals surface area contributed by atoms with Crippen LogP contribution in [0.15, 0.2) is 24.5 Å². The number of aromatic nitrogens is 2. The lowest BCUT2D eigenvalue weighted by Gasteiger charge is -2.12. The Hall–Kier alpha value is -2.12. The highest BCUT2D eigenvalue weighted by Gasteiger charge is 2.09. The summed E-state index contributed by atoms with van der Waals surface area (Å²) in [7, 11) is 0. The van der Waals surface area contributed by atoms with Gasteiger partial charge in [0.05, 0.1) is 11.6 Å². The van der Waals surface area contributed by atoms with E-state index < -0.39 is 0 Å². The zero-order valence-electron chi connectivity index (χ0n) is 10.7. The Morgan fingerprint density at radius 3 is 2.84 bits per heavy atom. The van der Waals surface area contributed by atoms with E-state index in [-0.39, 0.29) is 0 Å². The maximum absolute atomic E-state index is 8.94. The summed E-state index contributed by atoms with van der Waals surface area (Å²) < 4.78 is 0. The topological polar surface area (TPSA) is 61.6 Å². The molecule has 0 bridgehead atoms. The highest BCUT2D eigenvalue weighted by atomic mass is 35.5. The zero-order valence-corrected chi connectivity index (χ0v) is 11.5. The molecule has 0 saturated heterocycles. The highest BCUT2D eigenvalue weighted by Crippen LogP contribution is 2.26. The van der Waals surface area contributed by atoms with Crippen molar-refractivity contribution in [3.63, 3.8) is 0 Å². The molecule has 2 rings (SSSR count). The van der Waals surface area contributed by atoms with Crippen molar-refractivity contribution < 1.29 is 0 Å². The Bertz CT molecular complexity index is 646. The normalized spacial score (nSPS) is 10.0. The van der Waals surface area contributed by atoms with Crippen LogP contribution in [-0.2, 0) is 6.42 Å². The van der Waals surface area contributed by atoms with Crippen LogP contribution in [0.3, 0.4) is 0 Å². The molecule has 96 valence electrons. The van der Waals surface area contributed by atoms with E-state index in [1.807, 2.05) is 19.9 Å². The number of benzene rings is 1. The molecule has 0 amide bonds. The Kier molecular flexibility index (Phi) is 3.98. The second-order valence-corrected chi connectivity index (χ2v) is 4.47. The summed E-state index contributed by atoms with van der Waals surface area (Å²) in [5.74, 6) is 0.681. The molecule has 1 aromatic carbocycles. The van der Waals surface area contributed by atoms with Gasteiger partial charge in [-0.25, -0.2) is 9.97 Å². The first-order valence-corrected chi connectivity index (χ1v) is 6.30. The molecule has 0 radical (unpaired) electrons. The first kappa shape index (κ1) is 13.3. The molecule has 0 spiro atoms. The monoisotopic (exact) mass is 272 g/mol. The van der Waals surface area contributed by atoms with Crippen LogP contribution in [0.5, 0.6) is 0 Å². The first-order valence-electron chi connectivity index (χ1n) is 5.92. The minimum absolute atomic E-state index is 0.453. The molecule has 1 heterocycles. The Morgan fingerprint density at radius 2 is 2.16 bits per heavy atom. The second kappa shape index (κ2) is 5.68. The van der Waals surface area contributed by atoms with E-state index in [0.29, 0.717) is 16.5 Å². The molecular weight excluding hydrogens is 260 g/mol. The summed E-state index contributed by atoms with van der Waals surface area (Å²) in [6.45, 7) is 3.96. The molecule has 2 aromatic rings. The average Bonchev–Trinajstić information content (AvgIpc) is 2.41. The Morgan fingerprint density at radius 1 is 1.37 bits per heavy atom. The molecule has 0 aliphatic heterocycles. The number of halogens is 1. The van der Waals surface area contributed by atoms with Crippen molar-refractivity contribution in [2.75, 3.05) is 5.32 Å². The molecule has 0 fully saturated rings. The molecule has 5 heteroatoms. The molecule has 4 nitrogen and oxygen atoms in total. The van der Waals surface area contributed by atoms with E-state index in [9.17, 15) is 0 Å². The molecule has 1 aromatic heterocycles. The van der Waals surface area contributed by atoms with Gasteiger partial charge in [-0.3, -0.25) is 0 Å². The molecule has 0 aliphatic rings. The fourth-order valence-corrected chi connectivity index (χ4v) is 2.03. The maximum Gasteiger partial charge on any atom is 0.138 e. The molecular formula is C14H13ClN4. The van der Waals surface area contributed by atoms with Crippen molar-refractivity contribution >= 4 is 23.1 Å². The van der Waals surface area contributed by atoms with Crippen molar-refractivity contribution in [1.29, 1.82) is 5.26 Å². The number of hydrogen-bond donors (Lipinski definition) is 1. The SMILES string of the molecule is CCc1c(Cl)ncnc1Nc1cc(C#N)ccc1C. The third kappa shape index (κ3) is 2.83. The number of anilines is 2.